The maximum Gasteiger partial charge on any atom is 0.142 e. The molecule has 0 saturated heterocycles. The standard InChI is InChI=1S/C10H10ClF2N/c1-14-6-2-3-7-8(12)4-5-9(13)10(7)11/h2-5,14H,6H2,1H3. The van der Waals surface area contributed by atoms with E-state index in [1.54, 1.807) is 13.1 Å². The molecule has 4 heteroatoms. The smallest absolute Gasteiger partial charge is 0.142 e. The minimum Gasteiger partial charge on any atom is -0.316 e. The van der Waals surface area contributed by atoms with Crippen LogP contribution in [0.5, 0.6) is 0 Å². The number of rotatable bonds is 3. The summed E-state index contributed by atoms with van der Waals surface area (Å²) >= 11 is 5.59. The molecule has 0 heterocycles. The highest BCUT2D eigenvalue weighted by atomic mass is 35.5. The summed E-state index contributed by atoms with van der Waals surface area (Å²) in [7, 11) is 1.76. The van der Waals surface area contributed by atoms with Gasteiger partial charge in [-0.3, -0.25) is 0 Å². The molecule has 0 aromatic heterocycles. The Balaban J connectivity index is 3.00. The lowest BCUT2D eigenvalue weighted by Crippen LogP contribution is -2.03. The molecule has 0 aliphatic heterocycles. The zero-order chi connectivity index (χ0) is 10.6. The molecule has 1 N–H and O–H groups in total. The van der Waals surface area contributed by atoms with Crippen molar-refractivity contribution in [1.82, 2.24) is 5.32 Å². The molecule has 14 heavy (non-hydrogen) atoms. The highest BCUT2D eigenvalue weighted by Gasteiger charge is 2.08. The van der Waals surface area contributed by atoms with Crippen LogP contribution in [0.15, 0.2) is 18.2 Å². The highest BCUT2D eigenvalue weighted by Crippen LogP contribution is 2.23. The number of hydrogen-bond acceptors (Lipinski definition) is 1. The van der Waals surface area contributed by atoms with Crippen molar-refractivity contribution in [2.24, 2.45) is 0 Å². The quantitative estimate of drug-likeness (QED) is 0.768. The third-order valence-electron chi connectivity index (χ3n) is 1.69. The summed E-state index contributed by atoms with van der Waals surface area (Å²) in [5.41, 5.74) is 0.0851. The van der Waals surface area contributed by atoms with E-state index in [2.05, 4.69) is 5.32 Å². The minimum absolute atomic E-state index is 0.0851. The molecule has 0 unspecified atom stereocenters. The maximum absolute atomic E-state index is 13.1. The fourth-order valence-corrected chi connectivity index (χ4v) is 1.21. The van der Waals surface area contributed by atoms with Gasteiger partial charge in [-0.05, 0) is 19.2 Å². The monoisotopic (exact) mass is 217 g/mol. The fraction of sp³-hybridized carbons (Fsp3) is 0.200. The summed E-state index contributed by atoms with van der Waals surface area (Å²) < 4.78 is 26.1. The Hall–Kier alpha value is -0.930. The van der Waals surface area contributed by atoms with Crippen molar-refractivity contribution < 1.29 is 8.78 Å². The van der Waals surface area contributed by atoms with E-state index in [9.17, 15) is 8.78 Å². The zero-order valence-corrected chi connectivity index (χ0v) is 8.41. The Morgan fingerprint density at radius 2 is 2.00 bits per heavy atom. The second-order valence-corrected chi connectivity index (χ2v) is 3.09. The van der Waals surface area contributed by atoms with Gasteiger partial charge < -0.3 is 5.32 Å². The van der Waals surface area contributed by atoms with Crippen molar-refractivity contribution in [3.63, 3.8) is 0 Å². The number of likely N-dealkylation sites (N-methyl/N-ethyl adjacent to an activating group) is 1. The van der Waals surface area contributed by atoms with Crippen LogP contribution in [0, 0.1) is 11.6 Å². The van der Waals surface area contributed by atoms with Crippen LogP contribution in [0.3, 0.4) is 0 Å². The zero-order valence-electron chi connectivity index (χ0n) is 7.65. The first kappa shape index (κ1) is 11.1. The van der Waals surface area contributed by atoms with Gasteiger partial charge in [0.15, 0.2) is 0 Å². The molecule has 1 aromatic carbocycles. The molecule has 0 radical (unpaired) electrons. The lowest BCUT2D eigenvalue weighted by molar-refractivity contribution is 0.598. The van der Waals surface area contributed by atoms with Crippen molar-refractivity contribution in [2.75, 3.05) is 13.6 Å². The first-order valence-corrected chi connectivity index (χ1v) is 4.49. The van der Waals surface area contributed by atoms with Gasteiger partial charge in [-0.15, -0.1) is 0 Å². The second-order valence-electron chi connectivity index (χ2n) is 2.72. The molecule has 0 saturated carbocycles. The highest BCUT2D eigenvalue weighted by molar-refractivity contribution is 6.32. The molecule has 0 aliphatic carbocycles. The molecule has 0 atom stereocenters. The van der Waals surface area contributed by atoms with Gasteiger partial charge in [0.1, 0.15) is 11.6 Å². The molecule has 1 rings (SSSR count). The first-order valence-electron chi connectivity index (χ1n) is 4.11. The lowest BCUT2D eigenvalue weighted by atomic mass is 10.2. The second kappa shape index (κ2) is 5.08. The van der Waals surface area contributed by atoms with Gasteiger partial charge in [0.2, 0.25) is 0 Å². The lowest BCUT2D eigenvalue weighted by Gasteiger charge is -2.01. The van der Waals surface area contributed by atoms with E-state index in [0.717, 1.165) is 12.1 Å². The predicted octanol–water partition coefficient (Wildman–Crippen LogP) is 2.85. The summed E-state index contributed by atoms with van der Waals surface area (Å²) in [6.07, 6.45) is 3.13. The Bertz CT molecular complexity index is 350. The van der Waals surface area contributed by atoms with Crippen LogP contribution in [-0.2, 0) is 0 Å². The average molecular weight is 218 g/mol. The van der Waals surface area contributed by atoms with Crippen molar-refractivity contribution >= 4 is 17.7 Å². The van der Waals surface area contributed by atoms with E-state index >= 15 is 0 Å². The van der Waals surface area contributed by atoms with Gasteiger partial charge in [-0.2, -0.15) is 0 Å². The average Bonchev–Trinajstić information content (AvgIpc) is 2.18. The summed E-state index contributed by atoms with van der Waals surface area (Å²) in [4.78, 5) is 0. The number of halogens is 3. The van der Waals surface area contributed by atoms with Crippen molar-refractivity contribution in [3.8, 4) is 0 Å². The van der Waals surface area contributed by atoms with E-state index in [0.29, 0.717) is 6.54 Å². The van der Waals surface area contributed by atoms with Crippen LogP contribution >= 0.6 is 11.6 Å². The van der Waals surface area contributed by atoms with E-state index in [1.807, 2.05) is 0 Å². The van der Waals surface area contributed by atoms with E-state index in [4.69, 9.17) is 11.6 Å². The molecule has 1 nitrogen and oxygen atoms in total. The Morgan fingerprint density at radius 1 is 1.36 bits per heavy atom. The van der Waals surface area contributed by atoms with E-state index in [-0.39, 0.29) is 10.6 Å². The minimum atomic E-state index is -0.614. The summed E-state index contributed by atoms with van der Waals surface area (Å²) in [6, 6.07) is 2.06. The molecule has 0 fully saturated rings. The van der Waals surface area contributed by atoms with Gasteiger partial charge >= 0.3 is 0 Å². The first-order chi connectivity index (χ1) is 6.66. The van der Waals surface area contributed by atoms with Crippen LogP contribution < -0.4 is 5.32 Å². The third-order valence-corrected chi connectivity index (χ3v) is 2.07. The van der Waals surface area contributed by atoms with Crippen LogP contribution in [0.4, 0.5) is 8.78 Å². The molecular weight excluding hydrogens is 208 g/mol. The normalized spacial score (nSPS) is 11.1. The van der Waals surface area contributed by atoms with Gasteiger partial charge in [-0.1, -0.05) is 23.8 Å². The molecule has 0 amide bonds. The van der Waals surface area contributed by atoms with Crippen LogP contribution in [-0.4, -0.2) is 13.6 Å². The van der Waals surface area contributed by atoms with Crippen molar-refractivity contribution in [3.05, 3.63) is 40.4 Å². The summed E-state index contributed by atoms with van der Waals surface area (Å²) in [6.45, 7) is 0.576. The molecule has 0 aliphatic rings. The fourth-order valence-electron chi connectivity index (χ4n) is 0.990. The number of hydrogen-bond donors (Lipinski definition) is 1. The van der Waals surface area contributed by atoms with Crippen LogP contribution in [0.1, 0.15) is 5.56 Å². The van der Waals surface area contributed by atoms with E-state index in [1.165, 1.54) is 6.08 Å². The molecular formula is C10H10ClF2N. The van der Waals surface area contributed by atoms with Crippen molar-refractivity contribution in [2.45, 2.75) is 0 Å². The van der Waals surface area contributed by atoms with E-state index < -0.39 is 11.6 Å². The number of benzene rings is 1. The molecule has 1 aromatic rings. The maximum atomic E-state index is 13.1. The largest absolute Gasteiger partial charge is 0.316 e. The van der Waals surface area contributed by atoms with Gasteiger partial charge in [0.25, 0.3) is 0 Å². The van der Waals surface area contributed by atoms with Gasteiger partial charge in [0.05, 0.1) is 5.02 Å². The van der Waals surface area contributed by atoms with Gasteiger partial charge in [0, 0.05) is 12.1 Å². The molecule has 76 valence electrons. The predicted molar refractivity (Wildman–Crippen MR) is 54.3 cm³/mol. The molecule has 0 spiro atoms. The Labute approximate surface area is 86.4 Å². The van der Waals surface area contributed by atoms with Crippen LogP contribution in [0.25, 0.3) is 6.08 Å². The van der Waals surface area contributed by atoms with Crippen molar-refractivity contribution in [1.29, 1.82) is 0 Å². The Kier molecular flexibility index (Phi) is 4.04. The van der Waals surface area contributed by atoms with Gasteiger partial charge in [-0.25, -0.2) is 8.78 Å². The van der Waals surface area contributed by atoms with Crippen LogP contribution in [0.2, 0.25) is 5.02 Å². The Morgan fingerprint density at radius 3 is 2.64 bits per heavy atom. The topological polar surface area (TPSA) is 12.0 Å². The third kappa shape index (κ3) is 2.53. The summed E-state index contributed by atoms with van der Waals surface area (Å²) in [5.74, 6) is -1.14. The number of nitrogens with one attached hydrogen (secondary N) is 1. The SMILES string of the molecule is CNCC=Cc1c(F)ccc(F)c1Cl. The summed E-state index contributed by atoms with van der Waals surface area (Å²) in [5, 5.41) is 2.66. The molecule has 0 bridgehead atoms.